The largest absolute Gasteiger partial charge is 0.493 e. The summed E-state index contributed by atoms with van der Waals surface area (Å²) < 4.78 is 24.0. The fraction of sp³-hybridized carbons (Fsp3) is 0.414. The maximum absolute atomic E-state index is 6.53. The predicted octanol–water partition coefficient (Wildman–Crippen LogP) is 5.13. The fourth-order valence-corrected chi connectivity index (χ4v) is 4.52. The molecule has 1 aromatic heterocycles. The lowest BCUT2D eigenvalue weighted by molar-refractivity contribution is 0.325. The van der Waals surface area contributed by atoms with Gasteiger partial charge in [0.1, 0.15) is 0 Å². The van der Waals surface area contributed by atoms with Gasteiger partial charge in [-0.1, -0.05) is 13.0 Å². The van der Waals surface area contributed by atoms with Crippen molar-refractivity contribution < 1.29 is 18.9 Å². The Bertz CT molecular complexity index is 1150. The molecular formula is C29H39N3O4. The van der Waals surface area contributed by atoms with E-state index in [0.717, 1.165) is 41.6 Å². The highest BCUT2D eigenvalue weighted by molar-refractivity contribution is 5.65. The Morgan fingerprint density at radius 1 is 0.889 bits per heavy atom. The molecule has 0 aliphatic carbocycles. The highest BCUT2D eigenvalue weighted by atomic mass is 16.5. The van der Waals surface area contributed by atoms with E-state index in [0.29, 0.717) is 41.8 Å². The fourth-order valence-electron chi connectivity index (χ4n) is 4.52. The van der Waals surface area contributed by atoms with E-state index in [4.69, 9.17) is 18.9 Å². The smallest absolute Gasteiger partial charge is 0.204 e. The van der Waals surface area contributed by atoms with Crippen LogP contribution in [0, 0.1) is 13.8 Å². The molecule has 0 saturated carbocycles. The van der Waals surface area contributed by atoms with Crippen molar-refractivity contribution in [2.45, 2.75) is 46.7 Å². The van der Waals surface area contributed by atoms with Crippen molar-refractivity contribution in [3.63, 3.8) is 0 Å². The van der Waals surface area contributed by atoms with Crippen LogP contribution in [-0.4, -0.2) is 39.9 Å². The summed E-state index contributed by atoms with van der Waals surface area (Å²) in [5.41, 5.74) is 6.75. The van der Waals surface area contributed by atoms with E-state index in [1.807, 2.05) is 25.4 Å². The monoisotopic (exact) mass is 493 g/mol. The van der Waals surface area contributed by atoms with Crippen LogP contribution in [0.4, 0.5) is 0 Å². The lowest BCUT2D eigenvalue weighted by Gasteiger charge is -2.24. The van der Waals surface area contributed by atoms with Crippen molar-refractivity contribution in [2.75, 3.05) is 34.9 Å². The van der Waals surface area contributed by atoms with Crippen LogP contribution < -0.4 is 29.6 Å². The SMILES string of the molecule is CCc1c(C)c(Oc2cc(C)c(CCNC)cc2OC)c(OC)c(OC)c1CNCc1cccnc1. The first kappa shape index (κ1) is 27.3. The molecule has 0 fully saturated rings. The van der Waals surface area contributed by atoms with E-state index >= 15 is 0 Å². The normalized spacial score (nSPS) is 10.9. The number of hydrogen-bond donors (Lipinski definition) is 2. The molecule has 2 N–H and O–H groups in total. The molecule has 7 nitrogen and oxygen atoms in total. The summed E-state index contributed by atoms with van der Waals surface area (Å²) in [6.45, 7) is 8.53. The zero-order valence-electron chi connectivity index (χ0n) is 22.6. The predicted molar refractivity (Wildman–Crippen MR) is 144 cm³/mol. The number of nitrogens with zero attached hydrogens (tertiary/aromatic N) is 1. The second-order valence-electron chi connectivity index (χ2n) is 8.68. The van der Waals surface area contributed by atoms with E-state index in [-0.39, 0.29) is 0 Å². The maximum Gasteiger partial charge on any atom is 0.204 e. The first-order chi connectivity index (χ1) is 17.5. The quantitative estimate of drug-likeness (QED) is 0.342. The van der Waals surface area contributed by atoms with Crippen molar-refractivity contribution in [2.24, 2.45) is 0 Å². The van der Waals surface area contributed by atoms with Gasteiger partial charge in [0.2, 0.25) is 5.75 Å². The van der Waals surface area contributed by atoms with E-state index in [2.05, 4.69) is 48.5 Å². The molecule has 3 aromatic rings. The zero-order chi connectivity index (χ0) is 26.1. The number of hydrogen-bond acceptors (Lipinski definition) is 7. The number of aromatic nitrogens is 1. The average molecular weight is 494 g/mol. The number of rotatable bonds is 13. The van der Waals surface area contributed by atoms with Gasteiger partial charge in [-0.05, 0) is 86.3 Å². The van der Waals surface area contributed by atoms with Gasteiger partial charge in [-0.25, -0.2) is 0 Å². The minimum atomic E-state index is 0.573. The minimum absolute atomic E-state index is 0.573. The first-order valence-corrected chi connectivity index (χ1v) is 12.3. The van der Waals surface area contributed by atoms with Gasteiger partial charge < -0.3 is 29.6 Å². The molecule has 0 radical (unpaired) electrons. The van der Waals surface area contributed by atoms with Crippen LogP contribution in [0.2, 0.25) is 0 Å². The Hall–Kier alpha value is -3.29. The molecule has 0 atom stereocenters. The summed E-state index contributed by atoms with van der Waals surface area (Å²) in [7, 11) is 6.93. The number of benzene rings is 2. The zero-order valence-corrected chi connectivity index (χ0v) is 22.6. The molecule has 0 unspecified atom stereocenters. The van der Waals surface area contributed by atoms with Crippen LogP contribution in [-0.2, 0) is 25.9 Å². The average Bonchev–Trinajstić information content (AvgIpc) is 2.90. The Kier molecular flexibility index (Phi) is 9.96. The van der Waals surface area contributed by atoms with Crippen molar-refractivity contribution >= 4 is 0 Å². The van der Waals surface area contributed by atoms with Crippen LogP contribution >= 0.6 is 0 Å². The number of methoxy groups -OCH3 is 3. The molecule has 0 aliphatic heterocycles. The molecule has 0 spiro atoms. The molecule has 3 rings (SSSR count). The number of aryl methyl sites for hydroxylation is 1. The number of nitrogens with one attached hydrogen (secondary N) is 2. The summed E-state index contributed by atoms with van der Waals surface area (Å²) in [4.78, 5) is 4.20. The van der Waals surface area contributed by atoms with E-state index in [1.54, 1.807) is 27.5 Å². The Morgan fingerprint density at radius 2 is 1.67 bits per heavy atom. The van der Waals surface area contributed by atoms with Gasteiger partial charge in [0, 0.05) is 31.0 Å². The summed E-state index contributed by atoms with van der Waals surface area (Å²) in [5, 5.41) is 6.72. The lowest BCUT2D eigenvalue weighted by atomic mass is 9.96. The van der Waals surface area contributed by atoms with Gasteiger partial charge in [-0.15, -0.1) is 0 Å². The van der Waals surface area contributed by atoms with E-state index in [9.17, 15) is 0 Å². The summed E-state index contributed by atoms with van der Waals surface area (Å²) in [6.07, 6.45) is 5.38. The Morgan fingerprint density at radius 3 is 2.28 bits per heavy atom. The van der Waals surface area contributed by atoms with Crippen LogP contribution in [0.5, 0.6) is 28.7 Å². The van der Waals surface area contributed by atoms with E-state index in [1.165, 1.54) is 11.1 Å². The molecular weight excluding hydrogens is 454 g/mol. The van der Waals surface area contributed by atoms with Crippen molar-refractivity contribution in [1.29, 1.82) is 0 Å². The standard InChI is InChI=1S/C29H39N3O4/c1-8-23-20(3)27(36-26-14-19(2)22(11-13-30-4)15-25(26)33-5)29(35-7)28(34-6)24(23)18-32-17-21-10-9-12-31-16-21/h9-10,12,14-16,30,32H,8,11,13,17-18H2,1-7H3. The molecule has 194 valence electrons. The number of ether oxygens (including phenoxy) is 4. The van der Waals surface area contributed by atoms with Crippen molar-refractivity contribution in [1.82, 2.24) is 15.6 Å². The van der Waals surface area contributed by atoms with Crippen LogP contribution in [0.15, 0.2) is 36.7 Å². The van der Waals surface area contributed by atoms with Gasteiger partial charge >= 0.3 is 0 Å². The van der Waals surface area contributed by atoms with Gasteiger partial charge in [0.25, 0.3) is 0 Å². The Labute approximate surface area is 215 Å². The lowest BCUT2D eigenvalue weighted by Crippen LogP contribution is -2.16. The van der Waals surface area contributed by atoms with Crippen LogP contribution in [0.1, 0.15) is 40.3 Å². The third kappa shape index (κ3) is 6.09. The molecule has 36 heavy (non-hydrogen) atoms. The highest BCUT2D eigenvalue weighted by Crippen LogP contribution is 2.48. The molecule has 0 amide bonds. The third-order valence-corrected chi connectivity index (χ3v) is 6.44. The van der Waals surface area contributed by atoms with Crippen LogP contribution in [0.25, 0.3) is 0 Å². The van der Waals surface area contributed by atoms with Gasteiger partial charge in [-0.3, -0.25) is 4.98 Å². The summed E-state index contributed by atoms with van der Waals surface area (Å²) in [6, 6.07) is 8.08. The number of pyridine rings is 1. The van der Waals surface area contributed by atoms with Gasteiger partial charge in [0.05, 0.1) is 21.3 Å². The molecule has 7 heteroatoms. The van der Waals surface area contributed by atoms with Crippen molar-refractivity contribution in [3.8, 4) is 28.7 Å². The topological polar surface area (TPSA) is 73.9 Å². The molecule has 2 aromatic carbocycles. The highest BCUT2D eigenvalue weighted by Gasteiger charge is 2.25. The second-order valence-corrected chi connectivity index (χ2v) is 8.68. The van der Waals surface area contributed by atoms with E-state index < -0.39 is 0 Å². The third-order valence-electron chi connectivity index (χ3n) is 6.44. The summed E-state index contributed by atoms with van der Waals surface area (Å²) >= 11 is 0. The number of likely N-dealkylation sites (N-methyl/N-ethyl adjacent to an activating group) is 1. The molecule has 0 aliphatic rings. The Balaban J connectivity index is 2.00. The molecule has 0 bridgehead atoms. The second kappa shape index (κ2) is 13.1. The summed E-state index contributed by atoms with van der Waals surface area (Å²) in [5.74, 6) is 3.23. The van der Waals surface area contributed by atoms with Crippen LogP contribution in [0.3, 0.4) is 0 Å². The minimum Gasteiger partial charge on any atom is -0.493 e. The molecule has 0 saturated heterocycles. The molecule has 1 heterocycles. The van der Waals surface area contributed by atoms with Gasteiger partial charge in [-0.2, -0.15) is 0 Å². The van der Waals surface area contributed by atoms with Gasteiger partial charge in [0.15, 0.2) is 23.0 Å². The maximum atomic E-state index is 6.53. The first-order valence-electron chi connectivity index (χ1n) is 12.3. The van der Waals surface area contributed by atoms with Crippen molar-refractivity contribution in [3.05, 3.63) is 70.0 Å².